The van der Waals surface area contributed by atoms with Gasteiger partial charge in [-0.25, -0.2) is 0 Å². The van der Waals surface area contributed by atoms with Gasteiger partial charge in [-0.1, -0.05) is 255 Å². The number of benzene rings is 12. The third kappa shape index (κ3) is 7.52. The lowest BCUT2D eigenvalue weighted by Crippen LogP contribution is -2.29. The maximum atomic E-state index is 8.94. The van der Waals surface area contributed by atoms with Gasteiger partial charge in [0.25, 0.3) is 0 Å². The van der Waals surface area contributed by atoms with Crippen LogP contribution in [-0.4, -0.2) is 17.2 Å². The first kappa shape index (κ1) is 49.0. The van der Waals surface area contributed by atoms with Crippen LogP contribution >= 0.6 is 15.9 Å². The van der Waals surface area contributed by atoms with E-state index in [1.54, 1.807) is 12.1 Å². The van der Waals surface area contributed by atoms with Crippen molar-refractivity contribution in [2.75, 3.05) is 11.5 Å². The number of nitrogens with two attached hydrogens (primary N) is 2. The van der Waals surface area contributed by atoms with Gasteiger partial charge in [0.05, 0.1) is 10.8 Å². The molecular weight excluding hydrogens is 1040 g/mol. The summed E-state index contributed by atoms with van der Waals surface area (Å²) in [6.45, 7) is 0. The largest absolute Gasteiger partial charge is 0.488 e. The van der Waals surface area contributed by atoms with Gasteiger partial charge in [0.15, 0.2) is 0 Å². The molecule has 0 aliphatic heterocycles. The molecule has 380 valence electrons. The van der Waals surface area contributed by atoms with Crippen molar-refractivity contribution in [1.82, 2.24) is 0 Å². The van der Waals surface area contributed by atoms with Gasteiger partial charge in [-0.2, -0.15) is 0 Å². The van der Waals surface area contributed by atoms with Gasteiger partial charge in [0.2, 0.25) is 0 Å². The van der Waals surface area contributed by atoms with Crippen molar-refractivity contribution < 1.29 is 10.0 Å². The molecule has 0 heterocycles. The fourth-order valence-electron chi connectivity index (χ4n) is 13.5. The molecule has 80 heavy (non-hydrogen) atoms. The Balaban J connectivity index is 0.000000119. The van der Waals surface area contributed by atoms with E-state index >= 15 is 0 Å². The number of anilines is 2. The number of rotatable bonds is 4. The lowest BCUT2D eigenvalue weighted by atomic mass is 9.70. The average Bonchev–Trinajstić information content (AvgIpc) is 2.78. The van der Waals surface area contributed by atoms with E-state index in [1.807, 2.05) is 42.5 Å². The van der Waals surface area contributed by atoms with Crippen LogP contribution in [0.5, 0.6) is 0 Å². The average molecular weight is 1090 g/mol. The summed E-state index contributed by atoms with van der Waals surface area (Å²) in [6.07, 6.45) is 0. The highest BCUT2D eigenvalue weighted by Crippen LogP contribution is 2.65. The first-order valence-corrected chi connectivity index (χ1v) is 27.9. The Morgan fingerprint density at radius 2 is 0.550 bits per heavy atom. The SMILES string of the molecule is Nc1cc2c(cc1-c1ccc(-c3ccccc3)cc1)-c1ccccc1C21c2ccccc2-c2ccccc21.Nc1cc2c(cc1Br)-c1ccccc1C21c2ccccc2-c2ccccc21.OB(O)c1ccc(-c2ccccc2)cc1. The van der Waals surface area contributed by atoms with Crippen LogP contribution in [0.4, 0.5) is 11.4 Å². The smallest absolute Gasteiger partial charge is 0.423 e. The summed E-state index contributed by atoms with van der Waals surface area (Å²) < 4.78 is 0.952. The fraction of sp³-hybridized carbons (Fsp3) is 0.0270. The highest BCUT2D eigenvalue weighted by Gasteiger charge is 2.53. The van der Waals surface area contributed by atoms with Crippen LogP contribution in [0.2, 0.25) is 0 Å². The molecule has 4 nitrogen and oxygen atoms in total. The van der Waals surface area contributed by atoms with E-state index < -0.39 is 7.12 Å². The first-order valence-electron chi connectivity index (χ1n) is 27.1. The van der Waals surface area contributed by atoms with Crippen molar-refractivity contribution in [3.05, 3.63) is 328 Å². The summed E-state index contributed by atoms with van der Waals surface area (Å²) in [5, 5.41) is 17.9. The van der Waals surface area contributed by atoms with Crippen molar-refractivity contribution >= 4 is 39.9 Å². The van der Waals surface area contributed by atoms with Gasteiger partial charge in [-0.15, -0.1) is 0 Å². The normalized spacial score (nSPS) is 13.2. The molecule has 12 aromatic carbocycles. The predicted octanol–water partition coefficient (Wildman–Crippen LogP) is 16.4. The van der Waals surface area contributed by atoms with Gasteiger partial charge in [-0.3, -0.25) is 0 Å². The minimum atomic E-state index is -1.39. The number of hydrogen-bond donors (Lipinski definition) is 4. The Morgan fingerprint density at radius 3 is 0.925 bits per heavy atom. The topological polar surface area (TPSA) is 92.5 Å². The molecule has 0 saturated carbocycles. The number of halogens is 1. The predicted molar refractivity (Wildman–Crippen MR) is 335 cm³/mol. The van der Waals surface area contributed by atoms with E-state index in [1.165, 1.54) is 100 Å². The fourth-order valence-corrected chi connectivity index (χ4v) is 13.8. The maximum absolute atomic E-state index is 8.94. The number of fused-ring (bicyclic) bond motifs is 20. The molecule has 6 N–H and O–H groups in total. The van der Waals surface area contributed by atoms with Gasteiger partial charge in [0.1, 0.15) is 0 Å². The van der Waals surface area contributed by atoms with Crippen molar-refractivity contribution in [1.29, 1.82) is 0 Å². The van der Waals surface area contributed by atoms with Crippen LogP contribution in [0.15, 0.2) is 284 Å². The molecule has 0 atom stereocenters. The summed E-state index contributed by atoms with van der Waals surface area (Å²) in [6, 6.07) is 98.3. The third-order valence-electron chi connectivity index (χ3n) is 16.9. The molecule has 6 heteroatoms. The Labute approximate surface area is 475 Å². The van der Waals surface area contributed by atoms with Crippen molar-refractivity contribution in [3.8, 4) is 77.9 Å². The molecule has 4 aliphatic carbocycles. The second-order valence-corrected chi connectivity index (χ2v) is 21.8. The molecule has 0 unspecified atom stereocenters. The minimum Gasteiger partial charge on any atom is -0.423 e. The van der Waals surface area contributed by atoms with Crippen LogP contribution in [0.25, 0.3) is 77.9 Å². The van der Waals surface area contributed by atoms with Crippen molar-refractivity contribution in [2.45, 2.75) is 10.8 Å². The molecule has 0 aromatic heterocycles. The van der Waals surface area contributed by atoms with E-state index in [9.17, 15) is 0 Å². The molecule has 0 saturated heterocycles. The van der Waals surface area contributed by atoms with E-state index in [0.29, 0.717) is 5.46 Å². The number of hydrogen-bond acceptors (Lipinski definition) is 4. The van der Waals surface area contributed by atoms with Crippen LogP contribution in [0.3, 0.4) is 0 Å². The van der Waals surface area contributed by atoms with E-state index in [4.69, 9.17) is 21.5 Å². The lowest BCUT2D eigenvalue weighted by molar-refractivity contribution is 0.426. The minimum absolute atomic E-state index is 0.298. The number of nitrogen functional groups attached to an aromatic ring is 2. The van der Waals surface area contributed by atoms with Gasteiger partial charge >= 0.3 is 7.12 Å². The third-order valence-corrected chi connectivity index (χ3v) is 17.6. The highest BCUT2D eigenvalue weighted by molar-refractivity contribution is 9.10. The lowest BCUT2D eigenvalue weighted by Gasteiger charge is -2.30. The molecule has 0 radical (unpaired) electrons. The molecule has 0 amide bonds. The van der Waals surface area contributed by atoms with Crippen molar-refractivity contribution in [3.63, 3.8) is 0 Å². The molecule has 12 aromatic rings. The first-order chi connectivity index (χ1) is 39.3. The Hall–Kier alpha value is -9.30. The summed E-state index contributed by atoms with van der Waals surface area (Å²) >= 11 is 3.64. The van der Waals surface area contributed by atoms with Gasteiger partial charge in [0, 0.05) is 21.4 Å². The van der Waals surface area contributed by atoms with E-state index in [-0.39, 0.29) is 10.8 Å². The summed E-state index contributed by atoms with van der Waals surface area (Å²) in [5.74, 6) is 0. The summed E-state index contributed by atoms with van der Waals surface area (Å²) in [4.78, 5) is 0. The van der Waals surface area contributed by atoms with Gasteiger partial charge < -0.3 is 21.5 Å². The monoisotopic (exact) mass is 1090 g/mol. The van der Waals surface area contributed by atoms with Crippen LogP contribution in [0.1, 0.15) is 44.5 Å². The standard InChI is InChI=1S/C37H25N.C25H16BrN.C12H11BO2/c38-36-23-35-31(22-30(36)26-20-18-25(19-21-26)24-10-2-1-3-11-24)29-14-6-9-17-34(29)37(35)32-15-7-4-12-27(32)28-13-5-8-16-33(28)37;26-23-13-18-17-9-3-6-12-21(17)25(22(18)14-24(23)27)19-10-4-1-7-15(19)16-8-2-5-11-20(16)25;14-13(15)12-8-6-11(7-9-12)10-4-2-1-3-5-10/h1-23H,38H2;1-14H,27H2;1-9,14-15H. The van der Waals surface area contributed by atoms with Crippen LogP contribution in [-0.2, 0) is 10.8 Å². The second-order valence-electron chi connectivity index (χ2n) is 21.0. The quantitative estimate of drug-likeness (QED) is 0.104. The Bertz CT molecular complexity index is 4280. The molecule has 0 fully saturated rings. The zero-order valence-electron chi connectivity index (χ0n) is 43.6. The highest BCUT2D eigenvalue weighted by atomic mass is 79.9. The zero-order chi connectivity index (χ0) is 54.1. The van der Waals surface area contributed by atoms with E-state index in [2.05, 4.69) is 240 Å². The Morgan fingerprint density at radius 1 is 0.263 bits per heavy atom. The van der Waals surface area contributed by atoms with Crippen molar-refractivity contribution in [2.24, 2.45) is 0 Å². The Kier molecular flexibility index (Phi) is 12.0. The molecule has 2 spiro atoms. The van der Waals surface area contributed by atoms with Gasteiger partial charge in [-0.05, 0) is 162 Å². The molecule has 16 rings (SSSR count). The van der Waals surface area contributed by atoms with Crippen LogP contribution < -0.4 is 16.9 Å². The molecule has 4 aliphatic rings. The molecule has 0 bridgehead atoms. The second kappa shape index (κ2) is 19.6. The van der Waals surface area contributed by atoms with E-state index in [0.717, 1.165) is 38.1 Å². The molecular formula is C74H52BBrN2O2. The maximum Gasteiger partial charge on any atom is 0.488 e. The van der Waals surface area contributed by atoms with Crippen LogP contribution in [0, 0.1) is 0 Å². The summed E-state index contributed by atoms with van der Waals surface area (Å²) in [7, 11) is -1.39. The summed E-state index contributed by atoms with van der Waals surface area (Å²) in [5.41, 5.74) is 42.5. The zero-order valence-corrected chi connectivity index (χ0v) is 45.1.